The Balaban J connectivity index is 0.000000115. The van der Waals surface area contributed by atoms with Crippen LogP contribution in [-0.4, -0.2) is 25.8 Å². The fraction of sp³-hybridized carbons (Fsp3) is 0.262. The predicted octanol–water partition coefficient (Wildman–Crippen LogP) is 12.3. The van der Waals surface area contributed by atoms with Gasteiger partial charge in [-0.15, -0.1) is 0 Å². The van der Waals surface area contributed by atoms with Crippen molar-refractivity contribution in [3.05, 3.63) is 132 Å². The van der Waals surface area contributed by atoms with Crippen LogP contribution in [0.4, 0.5) is 4.39 Å². The Bertz CT molecular complexity index is 2430. The summed E-state index contributed by atoms with van der Waals surface area (Å²) in [7, 11) is 0. The summed E-state index contributed by atoms with van der Waals surface area (Å²) in [6, 6.07) is 24.8. The Hall–Kier alpha value is -3.70. The molecule has 0 aliphatic heterocycles. The molecule has 2 unspecified atom stereocenters. The molecule has 0 fully saturated rings. The zero-order valence-electron chi connectivity index (χ0n) is 28.3. The van der Waals surface area contributed by atoms with E-state index >= 15 is 0 Å². The molecule has 266 valence electrons. The molecule has 10 heteroatoms. The lowest BCUT2D eigenvalue weighted by molar-refractivity contribution is 0.0968. The monoisotopic (exact) mass is 887 g/mol. The van der Waals surface area contributed by atoms with E-state index in [1.165, 1.54) is 45.0 Å². The molecule has 0 saturated heterocycles. The van der Waals surface area contributed by atoms with Gasteiger partial charge in [0.2, 0.25) is 0 Å². The number of hydrogen-bond acceptors (Lipinski definition) is 3. The molecule has 3 aliphatic rings. The number of rotatable bonds is 2. The first-order chi connectivity index (χ1) is 25.2. The third kappa shape index (κ3) is 7.15. The number of aromatic nitrogens is 3. The zero-order valence-corrected chi connectivity index (χ0v) is 33.1. The van der Waals surface area contributed by atoms with E-state index in [-0.39, 0.29) is 23.8 Å². The predicted molar refractivity (Wildman–Crippen MR) is 216 cm³/mol. The van der Waals surface area contributed by atoms with Crippen LogP contribution >= 0.6 is 47.8 Å². The highest BCUT2D eigenvalue weighted by Crippen LogP contribution is 2.39. The summed E-state index contributed by atoms with van der Waals surface area (Å²) >= 11 is 10.5. The number of halogens is 4. The van der Waals surface area contributed by atoms with E-state index in [2.05, 4.69) is 93.1 Å². The van der Waals surface area contributed by atoms with Crippen LogP contribution in [0.1, 0.15) is 89.3 Å². The summed E-state index contributed by atoms with van der Waals surface area (Å²) in [5.41, 5.74) is 10.2. The van der Waals surface area contributed by atoms with Crippen LogP contribution < -0.4 is 4.74 Å². The van der Waals surface area contributed by atoms with Crippen LogP contribution in [0.2, 0.25) is 0 Å². The third-order valence-electron chi connectivity index (χ3n) is 10.3. The first-order valence-corrected chi connectivity index (χ1v) is 20.1. The number of aliphatic hydroxyl groups is 1. The topological polar surface area (TPSA) is 93.9 Å². The maximum Gasteiger partial charge on any atom is 0.179 e. The summed E-state index contributed by atoms with van der Waals surface area (Å²) in [5, 5.41) is 13.6. The molecule has 4 aromatic carbocycles. The van der Waals surface area contributed by atoms with Crippen LogP contribution in [0, 0.1) is 5.82 Å². The molecule has 7 aromatic rings. The molecule has 0 bridgehead atoms. The highest BCUT2D eigenvalue weighted by molar-refractivity contribution is 9.11. The van der Waals surface area contributed by atoms with Gasteiger partial charge in [-0.2, -0.15) is 0 Å². The summed E-state index contributed by atoms with van der Waals surface area (Å²) in [6.07, 6.45) is 8.52. The summed E-state index contributed by atoms with van der Waals surface area (Å²) in [5.74, 6) is 0.717. The van der Waals surface area contributed by atoms with Crippen molar-refractivity contribution in [1.29, 1.82) is 0 Å². The number of Topliss-reactive ketones (excluding diaryl/α,β-unsaturated/α-hetero) is 1. The van der Waals surface area contributed by atoms with Crippen LogP contribution in [0.3, 0.4) is 0 Å². The maximum atomic E-state index is 13.0. The number of aromatic amines is 3. The first-order valence-electron chi connectivity index (χ1n) is 17.8. The van der Waals surface area contributed by atoms with E-state index in [9.17, 15) is 14.3 Å². The number of ether oxygens (including phenoxy) is 1. The lowest BCUT2D eigenvalue weighted by atomic mass is 9.93. The highest BCUT2D eigenvalue weighted by atomic mass is 79.9. The number of aliphatic hydroxyl groups excluding tert-OH is 1. The normalized spacial score (nSPS) is 17.8. The van der Waals surface area contributed by atoms with Crippen LogP contribution in [0.5, 0.6) is 5.75 Å². The van der Waals surface area contributed by atoms with E-state index in [0.29, 0.717) is 12.2 Å². The minimum atomic E-state index is -0.306. The molecule has 0 amide bonds. The van der Waals surface area contributed by atoms with Gasteiger partial charge >= 0.3 is 0 Å². The number of nitrogens with one attached hydrogen (secondary N) is 3. The highest BCUT2D eigenvalue weighted by Gasteiger charge is 2.26. The molecular weight excluding hydrogens is 853 g/mol. The van der Waals surface area contributed by atoms with E-state index in [0.717, 1.165) is 98.4 Å². The minimum Gasteiger partial charge on any atom is -0.484 e. The smallest absolute Gasteiger partial charge is 0.179 e. The molecule has 10 rings (SSSR count). The molecule has 6 nitrogen and oxygen atoms in total. The Morgan fingerprint density at radius 2 is 1.13 bits per heavy atom. The third-order valence-corrected chi connectivity index (χ3v) is 11.8. The van der Waals surface area contributed by atoms with Crippen molar-refractivity contribution in [3.8, 4) is 5.75 Å². The molecule has 3 heterocycles. The average Bonchev–Trinajstić information content (AvgIpc) is 3.83. The van der Waals surface area contributed by atoms with Crippen molar-refractivity contribution in [2.75, 3.05) is 0 Å². The molecule has 52 heavy (non-hydrogen) atoms. The molecule has 0 saturated carbocycles. The molecular formula is C42H37Br3FN3O3. The Labute approximate surface area is 325 Å². The molecule has 0 radical (unpaired) electrons. The van der Waals surface area contributed by atoms with Gasteiger partial charge in [0.05, 0.1) is 17.5 Å². The maximum absolute atomic E-state index is 13.0. The summed E-state index contributed by atoms with van der Waals surface area (Å²) in [6.45, 7) is 0. The molecule has 4 N–H and O–H groups in total. The quantitative estimate of drug-likeness (QED) is 0.139. The van der Waals surface area contributed by atoms with Gasteiger partial charge in [0.25, 0.3) is 0 Å². The SMILES string of the molecule is Fc1ccc(OC2CCCc3c2[nH]c2ccc(Br)cc32)cc1.O=C1CCCc2c1[nH]c1ccc(Br)cc21.OC1CCCc2c1[nH]c1ccc(Br)cc21. The second-order valence-corrected chi connectivity index (χ2v) is 16.5. The van der Waals surface area contributed by atoms with E-state index in [1.807, 2.05) is 24.3 Å². The number of H-pyrrole nitrogens is 3. The largest absolute Gasteiger partial charge is 0.484 e. The number of ketones is 1. The van der Waals surface area contributed by atoms with Crippen molar-refractivity contribution in [3.63, 3.8) is 0 Å². The standard InChI is InChI=1S/C18H15BrFNO.C12H12BrNO.C12H10BrNO/c19-11-4-9-16-15(10-11)14-2-1-3-17(18(14)21-16)22-13-7-5-12(20)6-8-13;2*13-7-4-5-10-9(6-7)8-2-1-3-11(15)12(8)14-10/h4-10,17,21H,1-3H2;4-6,11,14-15H,1-3H2;4-6,14H,1-3H2. The van der Waals surface area contributed by atoms with Gasteiger partial charge in [-0.25, -0.2) is 4.39 Å². The fourth-order valence-corrected chi connectivity index (χ4v) is 8.95. The fourth-order valence-electron chi connectivity index (χ4n) is 7.87. The lowest BCUT2D eigenvalue weighted by Gasteiger charge is -2.24. The number of aryl methyl sites for hydroxylation is 3. The second kappa shape index (κ2) is 15.0. The minimum absolute atomic E-state index is 0.000358. The van der Waals surface area contributed by atoms with Crippen molar-refractivity contribution in [2.45, 2.75) is 70.0 Å². The van der Waals surface area contributed by atoms with Gasteiger partial charge < -0.3 is 24.8 Å². The van der Waals surface area contributed by atoms with Gasteiger partial charge in [0.15, 0.2) is 5.78 Å². The lowest BCUT2D eigenvalue weighted by Crippen LogP contribution is -2.14. The molecule has 3 aromatic heterocycles. The van der Waals surface area contributed by atoms with Crippen LogP contribution in [0.15, 0.2) is 92.3 Å². The zero-order chi connectivity index (χ0) is 35.9. The van der Waals surface area contributed by atoms with Gasteiger partial charge in [-0.05, 0) is 147 Å². The molecule has 2 atom stereocenters. The second-order valence-electron chi connectivity index (χ2n) is 13.7. The van der Waals surface area contributed by atoms with Crippen molar-refractivity contribution in [2.24, 2.45) is 0 Å². The number of carbonyl (C=O) groups excluding carboxylic acids is 1. The van der Waals surface area contributed by atoms with Crippen LogP contribution in [0.25, 0.3) is 32.7 Å². The Morgan fingerprint density at radius 1 is 0.615 bits per heavy atom. The van der Waals surface area contributed by atoms with Gasteiger partial charge in [-0.1, -0.05) is 47.8 Å². The average molecular weight is 890 g/mol. The van der Waals surface area contributed by atoms with E-state index in [4.69, 9.17) is 4.74 Å². The van der Waals surface area contributed by atoms with E-state index < -0.39 is 0 Å². The van der Waals surface area contributed by atoms with Gasteiger partial charge in [-0.3, -0.25) is 4.79 Å². The Morgan fingerprint density at radius 3 is 1.77 bits per heavy atom. The number of hydrogen-bond donors (Lipinski definition) is 4. The Kier molecular flexibility index (Phi) is 10.2. The number of benzene rings is 4. The number of carbonyl (C=O) groups is 1. The van der Waals surface area contributed by atoms with Gasteiger partial charge in [0, 0.05) is 58.2 Å². The van der Waals surface area contributed by atoms with Crippen molar-refractivity contribution >= 4 is 86.3 Å². The van der Waals surface area contributed by atoms with E-state index in [1.54, 1.807) is 12.1 Å². The van der Waals surface area contributed by atoms with Crippen LogP contribution in [-0.2, 0) is 19.3 Å². The van der Waals surface area contributed by atoms with Crippen molar-refractivity contribution in [1.82, 2.24) is 15.0 Å². The first kappa shape index (κ1) is 35.3. The summed E-state index contributed by atoms with van der Waals surface area (Å²) < 4.78 is 22.3. The molecule has 0 spiro atoms. The number of fused-ring (bicyclic) bond motifs is 9. The molecule has 3 aliphatic carbocycles. The van der Waals surface area contributed by atoms with Crippen molar-refractivity contribution < 1.29 is 19.0 Å². The van der Waals surface area contributed by atoms with Gasteiger partial charge in [0.1, 0.15) is 17.7 Å². The summed E-state index contributed by atoms with van der Waals surface area (Å²) in [4.78, 5) is 21.7.